The third-order valence-electron chi connectivity index (χ3n) is 3.10. The molecule has 3 aromatic rings. The molecule has 0 amide bonds. The Kier molecular flexibility index (Phi) is 3.03. The van der Waals surface area contributed by atoms with Crippen molar-refractivity contribution >= 4 is 11.0 Å². The summed E-state index contributed by atoms with van der Waals surface area (Å²) in [6, 6.07) is 15.6. The minimum atomic E-state index is -0.298. The zero-order valence-electron chi connectivity index (χ0n) is 10.1. The number of hydrogen-bond acceptors (Lipinski definition) is 3. The quantitative estimate of drug-likeness (QED) is 0.559. The Bertz CT molecular complexity index is 658. The van der Waals surface area contributed by atoms with Gasteiger partial charge in [0.2, 0.25) is 0 Å². The van der Waals surface area contributed by atoms with E-state index in [0.29, 0.717) is 5.76 Å². The van der Waals surface area contributed by atoms with Gasteiger partial charge in [0.05, 0.1) is 0 Å². The first kappa shape index (κ1) is 11.9. The Hall–Kier alpha value is -2.17. The van der Waals surface area contributed by atoms with Gasteiger partial charge in [0, 0.05) is 5.39 Å². The molecule has 3 N–H and O–H groups in total. The third kappa shape index (κ3) is 2.23. The highest BCUT2D eigenvalue weighted by molar-refractivity contribution is 5.77. The Balaban J connectivity index is 2.04. The Labute approximate surface area is 109 Å². The Morgan fingerprint density at radius 2 is 1.79 bits per heavy atom. The summed E-state index contributed by atoms with van der Waals surface area (Å²) in [4.78, 5) is 0. The molecule has 0 aliphatic carbocycles. The molecule has 0 saturated heterocycles. The first-order valence-corrected chi connectivity index (χ1v) is 5.98. The van der Waals surface area contributed by atoms with E-state index in [1.807, 2.05) is 30.3 Å². The smallest absolute Gasteiger partial charge is 0.134 e. The normalized spacial score (nSPS) is 12.7. The molecular formula is C15H13FN2O. The highest BCUT2D eigenvalue weighted by Crippen LogP contribution is 2.27. The van der Waals surface area contributed by atoms with Crippen LogP contribution in [0.15, 0.2) is 59.0 Å². The van der Waals surface area contributed by atoms with Crippen LogP contribution in [0.2, 0.25) is 0 Å². The summed E-state index contributed by atoms with van der Waals surface area (Å²) in [5.74, 6) is 6.02. The number of furan rings is 1. The van der Waals surface area contributed by atoms with Crippen molar-refractivity contribution in [2.75, 3.05) is 0 Å². The molecular weight excluding hydrogens is 243 g/mol. The van der Waals surface area contributed by atoms with E-state index in [9.17, 15) is 4.39 Å². The lowest BCUT2D eigenvalue weighted by atomic mass is 10.0. The maximum Gasteiger partial charge on any atom is 0.134 e. The number of nitrogens with one attached hydrogen (secondary N) is 1. The van der Waals surface area contributed by atoms with Crippen molar-refractivity contribution in [1.29, 1.82) is 0 Å². The number of fused-ring (bicyclic) bond motifs is 1. The molecule has 0 aliphatic rings. The predicted molar refractivity (Wildman–Crippen MR) is 71.8 cm³/mol. The first-order chi connectivity index (χ1) is 9.28. The van der Waals surface area contributed by atoms with Gasteiger partial charge in [0.25, 0.3) is 0 Å². The van der Waals surface area contributed by atoms with Gasteiger partial charge in [0.1, 0.15) is 23.2 Å². The van der Waals surface area contributed by atoms with Crippen LogP contribution < -0.4 is 11.3 Å². The monoisotopic (exact) mass is 256 g/mol. The highest BCUT2D eigenvalue weighted by atomic mass is 19.1. The fraction of sp³-hybridized carbons (Fsp3) is 0.0667. The molecule has 1 atom stereocenters. The van der Waals surface area contributed by atoms with E-state index in [1.165, 1.54) is 12.1 Å². The van der Waals surface area contributed by atoms with E-state index in [4.69, 9.17) is 10.3 Å². The molecule has 3 rings (SSSR count). The summed E-state index contributed by atoms with van der Waals surface area (Å²) >= 11 is 0. The molecule has 0 fully saturated rings. The molecule has 0 saturated carbocycles. The van der Waals surface area contributed by atoms with Crippen molar-refractivity contribution in [2.45, 2.75) is 6.04 Å². The lowest BCUT2D eigenvalue weighted by molar-refractivity contribution is 0.476. The van der Waals surface area contributed by atoms with Crippen LogP contribution in [0.5, 0.6) is 0 Å². The minimum Gasteiger partial charge on any atom is -0.459 e. The van der Waals surface area contributed by atoms with Crippen molar-refractivity contribution < 1.29 is 8.81 Å². The first-order valence-electron chi connectivity index (χ1n) is 5.98. The number of benzene rings is 2. The van der Waals surface area contributed by atoms with Crippen LogP contribution in [0.25, 0.3) is 11.0 Å². The molecule has 0 aliphatic heterocycles. The number of halogens is 1. The maximum atomic E-state index is 12.9. The number of hydrogen-bond donors (Lipinski definition) is 2. The molecule has 0 radical (unpaired) electrons. The van der Waals surface area contributed by atoms with Gasteiger partial charge in [-0.15, -0.1) is 0 Å². The summed E-state index contributed by atoms with van der Waals surface area (Å²) in [5.41, 5.74) is 4.35. The van der Waals surface area contributed by atoms with Gasteiger partial charge in [-0.05, 0) is 29.8 Å². The maximum absolute atomic E-state index is 12.9. The standard InChI is InChI=1S/C15H13FN2O/c16-12-7-5-10(6-8-12)15(18-17)14-9-11-3-1-2-4-13(11)19-14/h1-9,15,18H,17H2. The van der Waals surface area contributed by atoms with Gasteiger partial charge in [0.15, 0.2) is 0 Å². The second-order valence-corrected chi connectivity index (χ2v) is 4.34. The third-order valence-corrected chi connectivity index (χ3v) is 3.10. The molecule has 2 aromatic carbocycles. The van der Waals surface area contributed by atoms with E-state index >= 15 is 0 Å². The molecule has 1 aromatic heterocycles. The molecule has 1 heterocycles. The summed E-state index contributed by atoms with van der Waals surface area (Å²) in [7, 11) is 0. The van der Waals surface area contributed by atoms with Gasteiger partial charge >= 0.3 is 0 Å². The highest BCUT2D eigenvalue weighted by Gasteiger charge is 2.17. The van der Waals surface area contributed by atoms with Crippen molar-refractivity contribution in [2.24, 2.45) is 5.84 Å². The SMILES string of the molecule is NNC(c1ccc(F)cc1)c1cc2ccccc2o1. The second kappa shape index (κ2) is 4.84. The van der Waals surface area contributed by atoms with Gasteiger partial charge < -0.3 is 4.42 Å². The van der Waals surface area contributed by atoms with Crippen LogP contribution in [0.3, 0.4) is 0 Å². The molecule has 0 bridgehead atoms. The summed E-state index contributed by atoms with van der Waals surface area (Å²) in [6.07, 6.45) is 0. The van der Waals surface area contributed by atoms with Gasteiger partial charge in [-0.3, -0.25) is 5.84 Å². The average Bonchev–Trinajstić information content (AvgIpc) is 2.85. The van der Waals surface area contributed by atoms with Crippen LogP contribution in [0.1, 0.15) is 17.4 Å². The molecule has 4 heteroatoms. The molecule has 96 valence electrons. The largest absolute Gasteiger partial charge is 0.459 e. The van der Waals surface area contributed by atoms with E-state index in [2.05, 4.69) is 5.43 Å². The zero-order valence-corrected chi connectivity index (χ0v) is 10.1. The fourth-order valence-corrected chi connectivity index (χ4v) is 2.14. The van der Waals surface area contributed by atoms with Crippen molar-refractivity contribution in [3.63, 3.8) is 0 Å². The van der Waals surface area contributed by atoms with Crippen LogP contribution >= 0.6 is 0 Å². The van der Waals surface area contributed by atoms with E-state index in [1.54, 1.807) is 12.1 Å². The minimum absolute atomic E-state index is 0.274. The van der Waals surface area contributed by atoms with E-state index < -0.39 is 0 Å². The predicted octanol–water partition coefficient (Wildman–Crippen LogP) is 3.12. The van der Waals surface area contributed by atoms with Crippen molar-refractivity contribution in [3.8, 4) is 0 Å². The molecule has 1 unspecified atom stereocenters. The zero-order chi connectivity index (χ0) is 13.2. The van der Waals surface area contributed by atoms with E-state index in [0.717, 1.165) is 16.5 Å². The number of para-hydroxylation sites is 1. The molecule has 0 spiro atoms. The van der Waals surface area contributed by atoms with E-state index in [-0.39, 0.29) is 11.9 Å². The van der Waals surface area contributed by atoms with Crippen LogP contribution in [-0.2, 0) is 0 Å². The van der Waals surface area contributed by atoms with Gasteiger partial charge in [-0.1, -0.05) is 30.3 Å². The molecule has 3 nitrogen and oxygen atoms in total. The van der Waals surface area contributed by atoms with Crippen molar-refractivity contribution in [3.05, 3.63) is 71.7 Å². The fourth-order valence-electron chi connectivity index (χ4n) is 2.14. The lowest BCUT2D eigenvalue weighted by Crippen LogP contribution is -2.28. The summed E-state index contributed by atoms with van der Waals surface area (Å²) in [6.45, 7) is 0. The lowest BCUT2D eigenvalue weighted by Gasteiger charge is -2.13. The summed E-state index contributed by atoms with van der Waals surface area (Å²) in [5, 5.41) is 1.01. The number of hydrazine groups is 1. The van der Waals surface area contributed by atoms with Crippen LogP contribution in [-0.4, -0.2) is 0 Å². The Morgan fingerprint density at radius 3 is 2.47 bits per heavy atom. The topological polar surface area (TPSA) is 51.2 Å². The average molecular weight is 256 g/mol. The van der Waals surface area contributed by atoms with Crippen molar-refractivity contribution in [1.82, 2.24) is 5.43 Å². The summed E-state index contributed by atoms with van der Waals surface area (Å²) < 4.78 is 18.7. The number of rotatable bonds is 3. The second-order valence-electron chi connectivity index (χ2n) is 4.34. The van der Waals surface area contributed by atoms with Gasteiger partial charge in [-0.25, -0.2) is 9.82 Å². The number of nitrogens with two attached hydrogens (primary N) is 1. The van der Waals surface area contributed by atoms with Gasteiger partial charge in [-0.2, -0.15) is 0 Å². The Morgan fingerprint density at radius 1 is 1.05 bits per heavy atom. The molecule has 19 heavy (non-hydrogen) atoms. The van der Waals surface area contributed by atoms with Crippen LogP contribution in [0.4, 0.5) is 4.39 Å². The van der Waals surface area contributed by atoms with Crippen LogP contribution in [0, 0.1) is 5.82 Å².